The molecule has 0 aromatic rings. The Morgan fingerprint density at radius 2 is 1.83 bits per heavy atom. The van der Waals surface area contributed by atoms with Gasteiger partial charge in [-0.15, -0.1) is 5.73 Å². The van der Waals surface area contributed by atoms with Gasteiger partial charge >= 0.3 is 0 Å². The molecule has 0 radical (unpaired) electrons. The molecule has 68 valence electrons. The standard InChI is InChI=1S/C12H20/c1-3-5-7-9-11-12-10-8-6-4-2/h3,6-8H,4,9-12H2,1-2H3. The molecular weight excluding hydrogens is 144 g/mol. The number of unbranched alkanes of at least 4 members (excludes halogenated alkanes) is 3. The van der Waals surface area contributed by atoms with Crippen LogP contribution in [-0.2, 0) is 0 Å². The number of rotatable bonds is 6. The zero-order valence-electron chi connectivity index (χ0n) is 8.34. The summed E-state index contributed by atoms with van der Waals surface area (Å²) < 4.78 is 0. The summed E-state index contributed by atoms with van der Waals surface area (Å²) in [4.78, 5) is 0. The van der Waals surface area contributed by atoms with E-state index in [4.69, 9.17) is 0 Å². The summed E-state index contributed by atoms with van der Waals surface area (Å²) in [7, 11) is 0. The maximum atomic E-state index is 3.08. The van der Waals surface area contributed by atoms with E-state index in [0.717, 1.165) is 0 Å². The predicted octanol–water partition coefficient (Wildman–Crippen LogP) is 4.24. The van der Waals surface area contributed by atoms with Crippen LogP contribution in [0.5, 0.6) is 0 Å². The molecule has 0 aliphatic heterocycles. The minimum Gasteiger partial charge on any atom is -0.130 e. The number of hydrogen-bond donors (Lipinski definition) is 0. The molecule has 0 N–H and O–H groups in total. The van der Waals surface area contributed by atoms with Crippen molar-refractivity contribution in [2.24, 2.45) is 0 Å². The third-order valence-electron chi connectivity index (χ3n) is 1.66. The Bertz CT molecular complexity index is 157. The summed E-state index contributed by atoms with van der Waals surface area (Å²) in [5.41, 5.74) is 3.08. The van der Waals surface area contributed by atoms with Gasteiger partial charge in [0.15, 0.2) is 0 Å². The third kappa shape index (κ3) is 9.26. The molecular formula is C12H20. The Balaban J connectivity index is 3.11. The molecule has 0 unspecified atom stereocenters. The van der Waals surface area contributed by atoms with Crippen molar-refractivity contribution in [2.75, 3.05) is 0 Å². The Kier molecular flexibility index (Phi) is 9.63. The summed E-state index contributed by atoms with van der Waals surface area (Å²) >= 11 is 0. The topological polar surface area (TPSA) is 0 Å². The lowest BCUT2D eigenvalue weighted by atomic mass is 10.2. The van der Waals surface area contributed by atoms with Gasteiger partial charge in [-0.05, 0) is 51.2 Å². The van der Waals surface area contributed by atoms with Crippen molar-refractivity contribution in [1.29, 1.82) is 0 Å². The lowest BCUT2D eigenvalue weighted by molar-refractivity contribution is 0.761. The molecule has 0 aromatic carbocycles. The first kappa shape index (κ1) is 11.3. The lowest BCUT2D eigenvalue weighted by Gasteiger charge is -1.90. The monoisotopic (exact) mass is 164 g/mol. The van der Waals surface area contributed by atoms with Crippen molar-refractivity contribution in [3.63, 3.8) is 0 Å². The molecule has 0 bridgehead atoms. The van der Waals surface area contributed by atoms with Gasteiger partial charge in [0, 0.05) is 0 Å². The molecule has 0 saturated carbocycles. The van der Waals surface area contributed by atoms with E-state index < -0.39 is 0 Å². The van der Waals surface area contributed by atoms with Crippen molar-refractivity contribution in [2.45, 2.75) is 46.0 Å². The number of hydrogen-bond acceptors (Lipinski definition) is 0. The minimum atomic E-state index is 1.17. The molecule has 0 fully saturated rings. The van der Waals surface area contributed by atoms with Gasteiger partial charge in [0.1, 0.15) is 0 Å². The average molecular weight is 164 g/mol. The first-order valence-electron chi connectivity index (χ1n) is 4.92. The molecule has 0 heterocycles. The van der Waals surface area contributed by atoms with E-state index in [-0.39, 0.29) is 0 Å². The lowest BCUT2D eigenvalue weighted by Crippen LogP contribution is -1.71. The Labute approximate surface area is 76.7 Å². The van der Waals surface area contributed by atoms with Crippen LogP contribution in [0, 0.1) is 0 Å². The van der Waals surface area contributed by atoms with E-state index in [1.165, 1.54) is 32.1 Å². The van der Waals surface area contributed by atoms with Crippen LogP contribution in [0.2, 0.25) is 0 Å². The Morgan fingerprint density at radius 1 is 1.08 bits per heavy atom. The SMILES string of the molecule is CC=C=CCCCCC=CCC. The van der Waals surface area contributed by atoms with Crippen LogP contribution in [0.1, 0.15) is 46.0 Å². The van der Waals surface area contributed by atoms with E-state index in [2.05, 4.69) is 30.9 Å². The fourth-order valence-corrected chi connectivity index (χ4v) is 0.994. The van der Waals surface area contributed by atoms with E-state index in [1.807, 2.05) is 13.0 Å². The molecule has 12 heavy (non-hydrogen) atoms. The summed E-state index contributed by atoms with van der Waals surface area (Å²) in [6.45, 7) is 4.17. The van der Waals surface area contributed by atoms with Crippen LogP contribution in [0.4, 0.5) is 0 Å². The molecule has 0 aromatic heterocycles. The molecule has 0 atom stereocenters. The normalized spacial score (nSPS) is 9.83. The van der Waals surface area contributed by atoms with E-state index >= 15 is 0 Å². The maximum Gasteiger partial charge on any atom is -0.0274 e. The molecule has 0 heteroatoms. The zero-order valence-corrected chi connectivity index (χ0v) is 8.34. The van der Waals surface area contributed by atoms with Crippen molar-refractivity contribution in [3.05, 3.63) is 30.0 Å². The highest BCUT2D eigenvalue weighted by Crippen LogP contribution is 2.01. The van der Waals surface area contributed by atoms with Crippen LogP contribution < -0.4 is 0 Å². The van der Waals surface area contributed by atoms with Crippen molar-refractivity contribution < 1.29 is 0 Å². The molecule has 0 rings (SSSR count). The van der Waals surface area contributed by atoms with Crippen molar-refractivity contribution in [3.8, 4) is 0 Å². The highest BCUT2D eigenvalue weighted by molar-refractivity contribution is 4.83. The van der Waals surface area contributed by atoms with Crippen LogP contribution in [-0.4, -0.2) is 0 Å². The largest absolute Gasteiger partial charge is 0.130 e. The number of allylic oxidation sites excluding steroid dienone is 3. The van der Waals surface area contributed by atoms with E-state index in [1.54, 1.807) is 0 Å². The molecule has 0 amide bonds. The smallest absolute Gasteiger partial charge is 0.0274 e. The first-order valence-corrected chi connectivity index (χ1v) is 4.92. The highest BCUT2D eigenvalue weighted by Gasteiger charge is 1.81. The van der Waals surface area contributed by atoms with Crippen LogP contribution in [0.3, 0.4) is 0 Å². The van der Waals surface area contributed by atoms with Crippen LogP contribution >= 0.6 is 0 Å². The Hall–Kier alpha value is -0.740. The maximum absolute atomic E-state index is 3.08. The van der Waals surface area contributed by atoms with Gasteiger partial charge in [-0.2, -0.15) is 0 Å². The van der Waals surface area contributed by atoms with Gasteiger partial charge < -0.3 is 0 Å². The van der Waals surface area contributed by atoms with Gasteiger partial charge in [-0.1, -0.05) is 19.1 Å². The highest BCUT2D eigenvalue weighted by atomic mass is 13.9. The van der Waals surface area contributed by atoms with Crippen LogP contribution in [0.15, 0.2) is 30.0 Å². The molecule has 0 aliphatic rings. The molecule has 0 nitrogen and oxygen atoms in total. The van der Waals surface area contributed by atoms with E-state index in [9.17, 15) is 0 Å². The van der Waals surface area contributed by atoms with E-state index in [0.29, 0.717) is 0 Å². The summed E-state index contributed by atoms with van der Waals surface area (Å²) in [6, 6.07) is 0. The van der Waals surface area contributed by atoms with Gasteiger partial charge in [0.25, 0.3) is 0 Å². The fraction of sp³-hybridized carbons (Fsp3) is 0.583. The quantitative estimate of drug-likeness (QED) is 0.313. The summed E-state index contributed by atoms with van der Waals surface area (Å²) in [5.74, 6) is 0. The average Bonchev–Trinajstić information content (AvgIpc) is 2.10. The van der Waals surface area contributed by atoms with Gasteiger partial charge in [0.05, 0.1) is 0 Å². The summed E-state index contributed by atoms with van der Waals surface area (Å²) in [6.07, 6.45) is 14.7. The first-order chi connectivity index (χ1) is 5.91. The second-order valence-electron chi connectivity index (χ2n) is 2.82. The second kappa shape index (κ2) is 10.3. The Morgan fingerprint density at radius 3 is 2.50 bits per heavy atom. The third-order valence-corrected chi connectivity index (χ3v) is 1.66. The van der Waals surface area contributed by atoms with Gasteiger partial charge in [-0.25, -0.2) is 0 Å². The fourth-order valence-electron chi connectivity index (χ4n) is 0.994. The van der Waals surface area contributed by atoms with Crippen molar-refractivity contribution in [1.82, 2.24) is 0 Å². The molecule has 0 aliphatic carbocycles. The predicted molar refractivity (Wildman–Crippen MR) is 56.2 cm³/mol. The minimum absolute atomic E-state index is 1.17. The van der Waals surface area contributed by atoms with Gasteiger partial charge in [0.2, 0.25) is 0 Å². The van der Waals surface area contributed by atoms with Crippen LogP contribution in [0.25, 0.3) is 0 Å². The van der Waals surface area contributed by atoms with Gasteiger partial charge in [-0.3, -0.25) is 0 Å². The second-order valence-corrected chi connectivity index (χ2v) is 2.82. The molecule has 0 saturated heterocycles. The molecule has 0 spiro atoms. The van der Waals surface area contributed by atoms with Crippen molar-refractivity contribution >= 4 is 0 Å². The summed E-state index contributed by atoms with van der Waals surface area (Å²) in [5, 5.41) is 0. The zero-order chi connectivity index (χ0) is 9.07.